The summed E-state index contributed by atoms with van der Waals surface area (Å²) in [6.07, 6.45) is 0. The van der Waals surface area contributed by atoms with Crippen LogP contribution >= 0.6 is 0 Å². The maximum atomic E-state index is 11.8. The number of hydrogen-bond acceptors (Lipinski definition) is 7. The van der Waals surface area contributed by atoms with Crippen LogP contribution in [0.1, 0.15) is 11.3 Å². The van der Waals surface area contributed by atoms with E-state index in [2.05, 4.69) is 0 Å². The van der Waals surface area contributed by atoms with E-state index >= 15 is 0 Å². The molecule has 160 valence electrons. The minimum absolute atomic E-state index is 0.00876. The lowest BCUT2D eigenvalue weighted by molar-refractivity contribution is -0.383. The van der Waals surface area contributed by atoms with Crippen molar-refractivity contribution in [1.29, 1.82) is 0 Å². The summed E-state index contributed by atoms with van der Waals surface area (Å²) < 4.78 is 6.95. The van der Waals surface area contributed by atoms with Crippen molar-refractivity contribution in [1.82, 2.24) is 9.47 Å². The molecular weight excluding hydrogens is 390 g/mol. The average molecular weight is 415 g/mol. The second-order valence-electron chi connectivity index (χ2n) is 6.91. The molecule has 9 nitrogen and oxygen atoms in total. The number of aromatic nitrogens is 1. The summed E-state index contributed by atoms with van der Waals surface area (Å²) in [7, 11) is 1.56. The predicted molar refractivity (Wildman–Crippen MR) is 112 cm³/mol. The van der Waals surface area contributed by atoms with E-state index in [0.29, 0.717) is 46.7 Å². The molecule has 0 unspecified atom stereocenters. The van der Waals surface area contributed by atoms with Crippen molar-refractivity contribution in [2.24, 2.45) is 0 Å². The first-order valence-electron chi connectivity index (χ1n) is 9.51. The maximum Gasteiger partial charge on any atom is 0.298 e. The number of rotatable bonds is 9. The van der Waals surface area contributed by atoms with Crippen LogP contribution < -0.4 is 4.74 Å². The number of aliphatic hydroxyl groups is 2. The summed E-state index contributed by atoms with van der Waals surface area (Å²) in [5.74, 6) is 0.646. The molecule has 0 amide bonds. The van der Waals surface area contributed by atoms with Crippen LogP contribution in [0.4, 0.5) is 5.69 Å². The van der Waals surface area contributed by atoms with Gasteiger partial charge in [-0.25, -0.2) is 0 Å². The van der Waals surface area contributed by atoms with E-state index in [4.69, 9.17) is 4.74 Å². The first-order valence-corrected chi connectivity index (χ1v) is 9.51. The molecule has 1 heterocycles. The quantitative estimate of drug-likeness (QED) is 0.362. The summed E-state index contributed by atoms with van der Waals surface area (Å²) in [5, 5.41) is 41.5. The zero-order valence-corrected chi connectivity index (χ0v) is 16.9. The minimum atomic E-state index is -0.419. The Morgan fingerprint density at radius 1 is 1.10 bits per heavy atom. The van der Waals surface area contributed by atoms with Gasteiger partial charge in [0.05, 0.1) is 41.8 Å². The van der Waals surface area contributed by atoms with E-state index < -0.39 is 4.92 Å². The van der Waals surface area contributed by atoms with Crippen molar-refractivity contribution in [2.75, 3.05) is 33.4 Å². The lowest BCUT2D eigenvalue weighted by atomic mass is 10.1. The highest BCUT2D eigenvalue weighted by atomic mass is 16.6. The van der Waals surface area contributed by atoms with E-state index in [9.17, 15) is 25.4 Å². The van der Waals surface area contributed by atoms with E-state index in [0.717, 1.165) is 0 Å². The van der Waals surface area contributed by atoms with Gasteiger partial charge in [-0.1, -0.05) is 0 Å². The Kier molecular flexibility index (Phi) is 6.56. The number of phenols is 1. The number of hydrogen-bond donors (Lipinski definition) is 3. The van der Waals surface area contributed by atoms with Crippen molar-refractivity contribution in [3.05, 3.63) is 57.8 Å². The maximum absolute atomic E-state index is 11.8. The number of benzene rings is 2. The number of aromatic hydroxyl groups is 1. The molecule has 0 radical (unpaired) electrons. The summed E-state index contributed by atoms with van der Waals surface area (Å²) in [6.45, 7) is 2.23. The normalized spacial score (nSPS) is 11.4. The van der Waals surface area contributed by atoms with Crippen molar-refractivity contribution in [3.63, 3.8) is 0 Å². The largest absolute Gasteiger partial charge is 0.508 e. The van der Waals surface area contributed by atoms with Crippen LogP contribution in [0, 0.1) is 17.0 Å². The number of phenolic OH excluding ortho intramolecular Hbond substituents is 1. The fraction of sp³-hybridized carbons (Fsp3) is 0.333. The van der Waals surface area contributed by atoms with Crippen LogP contribution in [0.15, 0.2) is 36.4 Å². The zero-order valence-electron chi connectivity index (χ0n) is 16.9. The summed E-state index contributed by atoms with van der Waals surface area (Å²) in [6, 6.07) is 10.1. The molecule has 0 fully saturated rings. The third-order valence-corrected chi connectivity index (χ3v) is 5.14. The molecule has 0 saturated carbocycles. The van der Waals surface area contributed by atoms with E-state index in [-0.39, 0.29) is 31.2 Å². The van der Waals surface area contributed by atoms with Crippen molar-refractivity contribution in [2.45, 2.75) is 13.5 Å². The fourth-order valence-corrected chi connectivity index (χ4v) is 3.76. The van der Waals surface area contributed by atoms with Crippen LogP contribution in [0.2, 0.25) is 0 Å². The van der Waals surface area contributed by atoms with Gasteiger partial charge in [0, 0.05) is 30.9 Å². The highest BCUT2D eigenvalue weighted by molar-refractivity contribution is 5.96. The highest BCUT2D eigenvalue weighted by Gasteiger charge is 2.27. The Morgan fingerprint density at radius 2 is 1.73 bits per heavy atom. The third kappa shape index (κ3) is 3.95. The molecule has 3 aromatic rings. The Labute approximate surface area is 173 Å². The molecule has 3 rings (SSSR count). The number of methoxy groups -OCH3 is 1. The van der Waals surface area contributed by atoms with E-state index in [1.165, 1.54) is 6.07 Å². The van der Waals surface area contributed by atoms with Gasteiger partial charge in [0.1, 0.15) is 11.5 Å². The Balaban J connectivity index is 2.29. The number of nitro groups is 1. The molecule has 9 heteroatoms. The Morgan fingerprint density at radius 3 is 2.27 bits per heavy atom. The number of fused-ring (bicyclic) bond motifs is 1. The highest BCUT2D eigenvalue weighted by Crippen LogP contribution is 2.40. The molecule has 0 aliphatic heterocycles. The van der Waals surface area contributed by atoms with Crippen molar-refractivity contribution < 1.29 is 25.0 Å². The van der Waals surface area contributed by atoms with Gasteiger partial charge in [0.2, 0.25) is 0 Å². The molecule has 0 atom stereocenters. The van der Waals surface area contributed by atoms with Crippen LogP contribution in [0.25, 0.3) is 16.6 Å². The van der Waals surface area contributed by atoms with Crippen molar-refractivity contribution >= 4 is 16.6 Å². The minimum Gasteiger partial charge on any atom is -0.508 e. The van der Waals surface area contributed by atoms with Gasteiger partial charge < -0.3 is 24.6 Å². The summed E-state index contributed by atoms with van der Waals surface area (Å²) in [4.78, 5) is 13.2. The van der Waals surface area contributed by atoms with E-state index in [1.54, 1.807) is 53.8 Å². The third-order valence-electron chi connectivity index (χ3n) is 5.14. The lowest BCUT2D eigenvalue weighted by Gasteiger charge is -2.22. The van der Waals surface area contributed by atoms with Gasteiger partial charge in [0.15, 0.2) is 0 Å². The monoisotopic (exact) mass is 415 g/mol. The molecule has 0 bridgehead atoms. The van der Waals surface area contributed by atoms with Crippen LogP contribution in [-0.2, 0) is 6.54 Å². The van der Waals surface area contributed by atoms with Gasteiger partial charge >= 0.3 is 0 Å². The topological polar surface area (TPSA) is 121 Å². The second-order valence-corrected chi connectivity index (χ2v) is 6.91. The van der Waals surface area contributed by atoms with Gasteiger partial charge in [-0.2, -0.15) is 0 Å². The molecule has 3 N–H and O–H groups in total. The van der Waals surface area contributed by atoms with Gasteiger partial charge in [0.25, 0.3) is 5.69 Å². The van der Waals surface area contributed by atoms with Crippen LogP contribution in [0.5, 0.6) is 11.5 Å². The Hall–Kier alpha value is -3.14. The first kappa shape index (κ1) is 21.6. The standard InChI is InChI=1S/C21H25N3O6/c1-14-20(24(28)29)17-7-8-19(27)18(13-22(9-11-25)10-12-26)21(17)23(14)15-3-5-16(30-2)6-4-15/h3-8,25-27H,9-13H2,1-2H3. The zero-order chi connectivity index (χ0) is 21.8. The SMILES string of the molecule is COc1ccc(-n2c(C)c([N+](=O)[O-])c3ccc(O)c(CN(CCO)CCO)c32)cc1. The number of ether oxygens (including phenoxy) is 1. The van der Waals surface area contributed by atoms with Crippen LogP contribution in [0.3, 0.4) is 0 Å². The predicted octanol–water partition coefficient (Wildman–Crippen LogP) is 2.35. The number of aliphatic hydroxyl groups excluding tert-OH is 2. The average Bonchev–Trinajstić information content (AvgIpc) is 3.02. The Bertz CT molecular complexity index is 1040. The molecule has 0 aliphatic rings. The fourth-order valence-electron chi connectivity index (χ4n) is 3.76. The number of nitrogens with zero attached hydrogens (tertiary/aromatic N) is 3. The molecule has 0 spiro atoms. The van der Waals surface area contributed by atoms with Gasteiger partial charge in [-0.05, 0) is 43.3 Å². The summed E-state index contributed by atoms with van der Waals surface area (Å²) in [5.41, 5.74) is 2.10. The molecule has 30 heavy (non-hydrogen) atoms. The molecule has 2 aromatic carbocycles. The van der Waals surface area contributed by atoms with Gasteiger partial charge in [-0.15, -0.1) is 0 Å². The molecular formula is C21H25N3O6. The van der Waals surface area contributed by atoms with Gasteiger partial charge in [-0.3, -0.25) is 15.0 Å². The van der Waals surface area contributed by atoms with E-state index in [1.807, 2.05) is 0 Å². The van der Waals surface area contributed by atoms with Crippen LogP contribution in [-0.4, -0.2) is 63.1 Å². The molecule has 1 aromatic heterocycles. The second kappa shape index (κ2) is 9.12. The molecule has 0 saturated heterocycles. The first-order chi connectivity index (χ1) is 14.4. The lowest BCUT2D eigenvalue weighted by Crippen LogP contribution is -2.29. The summed E-state index contributed by atoms with van der Waals surface area (Å²) >= 11 is 0. The van der Waals surface area contributed by atoms with Crippen molar-refractivity contribution in [3.8, 4) is 17.2 Å². The smallest absolute Gasteiger partial charge is 0.298 e. The molecule has 0 aliphatic carbocycles.